The molecule has 3 N–H and O–H groups in total. The fourth-order valence-electron chi connectivity index (χ4n) is 4.85. The number of aliphatic hydroxyl groups excluding tert-OH is 1. The number of carbonyl (C=O) groups is 1. The summed E-state index contributed by atoms with van der Waals surface area (Å²) in [6, 6.07) is 15.9. The van der Waals surface area contributed by atoms with E-state index in [0.29, 0.717) is 41.3 Å². The van der Waals surface area contributed by atoms with Crippen LogP contribution in [0.2, 0.25) is 0 Å². The Labute approximate surface area is 216 Å². The second-order valence-corrected chi connectivity index (χ2v) is 8.90. The van der Waals surface area contributed by atoms with Crippen LogP contribution >= 0.6 is 0 Å². The van der Waals surface area contributed by atoms with Gasteiger partial charge in [0.15, 0.2) is 11.5 Å². The van der Waals surface area contributed by atoms with E-state index in [2.05, 4.69) is 10.6 Å². The third-order valence-electron chi connectivity index (χ3n) is 6.59. The summed E-state index contributed by atoms with van der Waals surface area (Å²) in [5.74, 6) is 1.30. The highest BCUT2D eigenvalue weighted by atomic mass is 16.5. The summed E-state index contributed by atoms with van der Waals surface area (Å²) in [6.45, 7) is 1.62. The molecule has 0 bridgehead atoms. The summed E-state index contributed by atoms with van der Waals surface area (Å²) in [5, 5.41) is 16.7. The number of fused-ring (bicyclic) bond motifs is 3. The number of nitrogens with one attached hydrogen (secondary N) is 2. The number of amides is 1. The van der Waals surface area contributed by atoms with Crippen molar-refractivity contribution >= 4 is 11.6 Å². The molecule has 0 fully saturated rings. The van der Waals surface area contributed by atoms with Crippen LogP contribution in [0.1, 0.15) is 42.2 Å². The van der Waals surface area contributed by atoms with E-state index in [0.717, 1.165) is 22.3 Å². The highest BCUT2D eigenvalue weighted by Crippen LogP contribution is 2.50. The Hall–Kier alpha value is -4.04. The highest BCUT2D eigenvalue weighted by Gasteiger charge is 2.29. The fraction of sp³-hybridized carbons (Fsp3) is 0.310. The van der Waals surface area contributed by atoms with E-state index in [1.165, 1.54) is 6.92 Å². The van der Waals surface area contributed by atoms with Crippen LogP contribution in [0.25, 0.3) is 11.1 Å². The number of aryl methyl sites for hydroxylation is 1. The van der Waals surface area contributed by atoms with Crippen LogP contribution < -0.4 is 30.3 Å². The van der Waals surface area contributed by atoms with Crippen molar-refractivity contribution in [3.05, 3.63) is 81.5 Å². The third-order valence-corrected chi connectivity index (χ3v) is 6.59. The van der Waals surface area contributed by atoms with E-state index >= 15 is 0 Å². The lowest BCUT2D eigenvalue weighted by Crippen LogP contribution is -2.26. The van der Waals surface area contributed by atoms with Crippen molar-refractivity contribution in [2.45, 2.75) is 31.9 Å². The molecule has 1 amide bonds. The topological polar surface area (TPSA) is 106 Å². The Kier molecular flexibility index (Phi) is 7.98. The molecule has 8 nitrogen and oxygen atoms in total. The number of benzene rings is 2. The minimum Gasteiger partial charge on any atom is -0.493 e. The van der Waals surface area contributed by atoms with Gasteiger partial charge < -0.3 is 30.0 Å². The number of rotatable bonds is 8. The average Bonchev–Trinajstić information content (AvgIpc) is 3.15. The summed E-state index contributed by atoms with van der Waals surface area (Å²) in [5.41, 5.74) is 4.01. The molecule has 0 radical (unpaired) electrons. The molecule has 3 aromatic carbocycles. The van der Waals surface area contributed by atoms with E-state index in [1.54, 1.807) is 33.5 Å². The molecule has 1 aliphatic carbocycles. The molecule has 37 heavy (non-hydrogen) atoms. The predicted octanol–water partition coefficient (Wildman–Crippen LogP) is 4.01. The van der Waals surface area contributed by atoms with E-state index in [4.69, 9.17) is 14.2 Å². The number of anilines is 1. The van der Waals surface area contributed by atoms with Gasteiger partial charge in [-0.05, 0) is 53.3 Å². The summed E-state index contributed by atoms with van der Waals surface area (Å²) in [6.07, 6.45) is 0.420. The lowest BCUT2D eigenvalue weighted by atomic mass is 9.95. The Morgan fingerprint density at radius 1 is 1.03 bits per heavy atom. The zero-order valence-corrected chi connectivity index (χ0v) is 21.5. The standard InChI is InChI=1S/C29H32N2O6/c1-17(32)31-22-12-10-19-14-26(35-2)28(36-3)29(37-4)27(19)20-11-13-23(24(33)15-21(20)22)30-16-25(34)18-8-6-5-7-9-18/h5-9,11,13-15,22,25,34H,10,12,16H2,1-4H3,(H,30,33)(H,31,32)/t22-,25-/m1/s1. The van der Waals surface area contributed by atoms with Crippen molar-refractivity contribution in [1.29, 1.82) is 0 Å². The van der Waals surface area contributed by atoms with E-state index in [-0.39, 0.29) is 23.9 Å². The molecule has 194 valence electrons. The summed E-state index contributed by atoms with van der Waals surface area (Å²) in [4.78, 5) is 25.4. The van der Waals surface area contributed by atoms with Gasteiger partial charge in [0.05, 0.1) is 39.2 Å². The van der Waals surface area contributed by atoms with Gasteiger partial charge in [0, 0.05) is 19.0 Å². The van der Waals surface area contributed by atoms with Crippen LogP contribution in [0.4, 0.5) is 5.69 Å². The molecule has 0 aromatic heterocycles. The Balaban J connectivity index is 1.85. The number of methoxy groups -OCH3 is 3. The zero-order valence-electron chi connectivity index (χ0n) is 21.5. The van der Waals surface area contributed by atoms with E-state index < -0.39 is 6.10 Å². The molecule has 3 aromatic rings. The predicted molar refractivity (Wildman–Crippen MR) is 143 cm³/mol. The first-order valence-corrected chi connectivity index (χ1v) is 12.1. The maximum Gasteiger partial charge on any atom is 0.217 e. The molecule has 8 heteroatoms. The summed E-state index contributed by atoms with van der Waals surface area (Å²) in [7, 11) is 4.68. The Bertz CT molecular complexity index is 1340. The molecule has 0 spiro atoms. The molecule has 0 heterocycles. The molecule has 2 atom stereocenters. The van der Waals surface area contributed by atoms with Gasteiger partial charge in [0.25, 0.3) is 0 Å². The van der Waals surface area contributed by atoms with Crippen molar-refractivity contribution in [1.82, 2.24) is 5.32 Å². The molecule has 0 saturated heterocycles. The third kappa shape index (κ3) is 5.39. The second-order valence-electron chi connectivity index (χ2n) is 8.90. The van der Waals surface area contributed by atoms with Gasteiger partial charge in [-0.1, -0.05) is 36.4 Å². The lowest BCUT2D eigenvalue weighted by molar-refractivity contribution is -0.119. The van der Waals surface area contributed by atoms with Gasteiger partial charge in [-0.15, -0.1) is 0 Å². The van der Waals surface area contributed by atoms with Gasteiger partial charge >= 0.3 is 0 Å². The van der Waals surface area contributed by atoms with Crippen LogP contribution in [0.3, 0.4) is 0 Å². The SMILES string of the molecule is COc1cc2c(c(OC)c1OC)-c1ccc(NC[C@@H](O)c3ccccc3)c(=O)cc1[C@H](NC(C)=O)CC2. The first-order valence-electron chi connectivity index (χ1n) is 12.1. The molecule has 0 saturated carbocycles. The lowest BCUT2D eigenvalue weighted by Gasteiger charge is -2.19. The number of aliphatic hydroxyl groups is 1. The minimum atomic E-state index is -0.784. The average molecular weight is 505 g/mol. The number of ether oxygens (including phenoxy) is 3. The van der Waals surface area contributed by atoms with Crippen molar-refractivity contribution in [2.75, 3.05) is 33.2 Å². The van der Waals surface area contributed by atoms with Crippen molar-refractivity contribution in [2.24, 2.45) is 0 Å². The quantitative estimate of drug-likeness (QED) is 0.426. The van der Waals surface area contributed by atoms with Gasteiger partial charge in [-0.2, -0.15) is 0 Å². The number of carbonyl (C=O) groups excluding carboxylic acids is 1. The van der Waals surface area contributed by atoms with Crippen LogP contribution in [-0.4, -0.2) is 38.9 Å². The second kappa shape index (κ2) is 11.3. The molecule has 4 rings (SSSR count). The first-order chi connectivity index (χ1) is 17.9. The van der Waals surface area contributed by atoms with Crippen molar-refractivity contribution in [3.8, 4) is 28.4 Å². The first kappa shape index (κ1) is 26.0. The maximum absolute atomic E-state index is 13.3. The number of hydrogen-bond donors (Lipinski definition) is 3. The summed E-state index contributed by atoms with van der Waals surface area (Å²) >= 11 is 0. The van der Waals surface area contributed by atoms with Crippen LogP contribution in [0.15, 0.2) is 59.4 Å². The van der Waals surface area contributed by atoms with Crippen LogP contribution in [-0.2, 0) is 11.2 Å². The number of hydrogen-bond acceptors (Lipinski definition) is 7. The van der Waals surface area contributed by atoms with Crippen LogP contribution in [0, 0.1) is 0 Å². The smallest absolute Gasteiger partial charge is 0.217 e. The van der Waals surface area contributed by atoms with Gasteiger partial charge in [-0.3, -0.25) is 9.59 Å². The molecular formula is C29H32N2O6. The summed E-state index contributed by atoms with van der Waals surface area (Å²) < 4.78 is 17.0. The van der Waals surface area contributed by atoms with Gasteiger partial charge in [0.1, 0.15) is 0 Å². The van der Waals surface area contributed by atoms with Crippen molar-refractivity contribution in [3.63, 3.8) is 0 Å². The minimum absolute atomic E-state index is 0.161. The largest absolute Gasteiger partial charge is 0.493 e. The normalized spacial score (nSPS) is 14.9. The fourth-order valence-corrected chi connectivity index (χ4v) is 4.85. The van der Waals surface area contributed by atoms with Gasteiger partial charge in [0.2, 0.25) is 17.1 Å². The van der Waals surface area contributed by atoms with E-state index in [1.807, 2.05) is 42.5 Å². The van der Waals surface area contributed by atoms with E-state index in [9.17, 15) is 14.7 Å². The molecule has 0 unspecified atom stereocenters. The molecular weight excluding hydrogens is 472 g/mol. The molecule has 0 aliphatic heterocycles. The van der Waals surface area contributed by atoms with Crippen LogP contribution in [0.5, 0.6) is 17.2 Å². The monoisotopic (exact) mass is 504 g/mol. The maximum atomic E-state index is 13.3. The highest BCUT2D eigenvalue weighted by molar-refractivity contribution is 5.83. The zero-order chi connectivity index (χ0) is 26.5. The Morgan fingerprint density at radius 3 is 2.41 bits per heavy atom. The molecule has 1 aliphatic rings. The van der Waals surface area contributed by atoms with Crippen molar-refractivity contribution < 1.29 is 24.1 Å². The van der Waals surface area contributed by atoms with Gasteiger partial charge in [-0.25, -0.2) is 0 Å². The Morgan fingerprint density at radius 2 is 1.76 bits per heavy atom.